The molecule has 1 aliphatic rings. The Morgan fingerprint density at radius 3 is 3.00 bits per heavy atom. The van der Waals surface area contributed by atoms with Crippen LogP contribution in [0, 0.1) is 0 Å². The lowest BCUT2D eigenvalue weighted by atomic mass is 9.98. The first kappa shape index (κ1) is 6.93. The molecule has 0 unspecified atom stereocenters. The van der Waals surface area contributed by atoms with Gasteiger partial charge in [0.05, 0.1) is 0 Å². The predicted octanol–water partition coefficient (Wildman–Crippen LogP) is 3.30. The highest BCUT2D eigenvalue weighted by molar-refractivity contribution is 6.32. The van der Waals surface area contributed by atoms with Crippen molar-refractivity contribution >= 4 is 17.7 Å². The van der Waals surface area contributed by atoms with E-state index in [4.69, 9.17) is 11.6 Å². The van der Waals surface area contributed by atoms with Crippen LogP contribution in [-0.4, -0.2) is 0 Å². The molecule has 2 rings (SSSR count). The average molecular weight is 165 g/mol. The van der Waals surface area contributed by atoms with Crippen molar-refractivity contribution in [2.45, 2.75) is 12.8 Å². The summed E-state index contributed by atoms with van der Waals surface area (Å²) in [7, 11) is 0. The Morgan fingerprint density at radius 2 is 2.18 bits per heavy atom. The summed E-state index contributed by atoms with van der Waals surface area (Å²) in [6.45, 7) is 0. The highest BCUT2D eigenvalue weighted by Gasteiger charge is 2.05. The van der Waals surface area contributed by atoms with Crippen LogP contribution in [0.4, 0.5) is 0 Å². The molecule has 0 radical (unpaired) electrons. The van der Waals surface area contributed by atoms with E-state index in [1.807, 2.05) is 12.1 Å². The third-order valence-corrected chi connectivity index (χ3v) is 2.34. The van der Waals surface area contributed by atoms with Crippen LogP contribution >= 0.6 is 11.6 Å². The van der Waals surface area contributed by atoms with Gasteiger partial charge in [0.25, 0.3) is 0 Å². The molecule has 0 N–H and O–H groups in total. The average Bonchev–Trinajstić information content (AvgIpc) is 2.06. The van der Waals surface area contributed by atoms with E-state index in [1.165, 1.54) is 11.1 Å². The molecule has 11 heavy (non-hydrogen) atoms. The van der Waals surface area contributed by atoms with E-state index in [0.717, 1.165) is 17.9 Å². The van der Waals surface area contributed by atoms with Crippen LogP contribution in [0.15, 0.2) is 24.3 Å². The first-order valence-corrected chi connectivity index (χ1v) is 4.19. The smallest absolute Gasteiger partial charge is 0.0481 e. The Bertz CT molecular complexity index is 300. The highest BCUT2D eigenvalue weighted by atomic mass is 35.5. The van der Waals surface area contributed by atoms with Gasteiger partial charge in [-0.25, -0.2) is 0 Å². The number of hydrogen-bond acceptors (Lipinski definition) is 0. The first-order valence-electron chi connectivity index (χ1n) is 3.82. The molecule has 0 saturated carbocycles. The van der Waals surface area contributed by atoms with Crippen molar-refractivity contribution in [1.29, 1.82) is 0 Å². The maximum absolute atomic E-state index is 5.99. The summed E-state index contributed by atoms with van der Waals surface area (Å²) >= 11 is 5.99. The largest absolute Gasteiger partial charge is 0.0837 e. The fourth-order valence-corrected chi connectivity index (χ4v) is 1.68. The van der Waals surface area contributed by atoms with Crippen molar-refractivity contribution in [3.05, 3.63) is 40.4 Å². The van der Waals surface area contributed by atoms with Crippen LogP contribution in [0.1, 0.15) is 17.5 Å². The van der Waals surface area contributed by atoms with Gasteiger partial charge in [0.2, 0.25) is 0 Å². The summed E-state index contributed by atoms with van der Waals surface area (Å²) in [4.78, 5) is 0. The molecule has 0 spiro atoms. The molecule has 56 valence electrons. The lowest BCUT2D eigenvalue weighted by Gasteiger charge is -2.10. The first-order chi connectivity index (χ1) is 5.38. The molecule has 0 atom stereocenters. The number of halogens is 1. The highest BCUT2D eigenvalue weighted by Crippen LogP contribution is 2.25. The number of rotatable bonds is 0. The number of benzene rings is 1. The van der Waals surface area contributed by atoms with Gasteiger partial charge in [-0.2, -0.15) is 0 Å². The van der Waals surface area contributed by atoms with Gasteiger partial charge in [-0.1, -0.05) is 35.9 Å². The van der Waals surface area contributed by atoms with E-state index in [9.17, 15) is 0 Å². The van der Waals surface area contributed by atoms with Crippen LogP contribution in [0.25, 0.3) is 6.08 Å². The van der Waals surface area contributed by atoms with Crippen molar-refractivity contribution in [3.63, 3.8) is 0 Å². The van der Waals surface area contributed by atoms with E-state index >= 15 is 0 Å². The number of hydrogen-bond donors (Lipinski definition) is 0. The lowest BCUT2D eigenvalue weighted by molar-refractivity contribution is 0.986. The Morgan fingerprint density at radius 1 is 1.27 bits per heavy atom. The third kappa shape index (κ3) is 1.19. The molecular weight excluding hydrogens is 156 g/mol. The van der Waals surface area contributed by atoms with Crippen molar-refractivity contribution < 1.29 is 0 Å². The Labute approximate surface area is 71.5 Å². The van der Waals surface area contributed by atoms with Crippen LogP contribution in [0.2, 0.25) is 5.02 Å². The molecule has 0 bridgehead atoms. The van der Waals surface area contributed by atoms with Crippen LogP contribution in [-0.2, 0) is 6.42 Å². The van der Waals surface area contributed by atoms with Crippen molar-refractivity contribution in [2.75, 3.05) is 0 Å². The van der Waals surface area contributed by atoms with Crippen molar-refractivity contribution in [1.82, 2.24) is 0 Å². The van der Waals surface area contributed by atoms with Gasteiger partial charge in [-0.3, -0.25) is 0 Å². The van der Waals surface area contributed by atoms with Gasteiger partial charge in [0.1, 0.15) is 0 Å². The van der Waals surface area contributed by atoms with Crippen molar-refractivity contribution in [2.24, 2.45) is 0 Å². The summed E-state index contributed by atoms with van der Waals surface area (Å²) in [6, 6.07) is 6.10. The summed E-state index contributed by atoms with van der Waals surface area (Å²) in [6.07, 6.45) is 6.56. The molecule has 0 aliphatic heterocycles. The van der Waals surface area contributed by atoms with E-state index in [1.54, 1.807) is 0 Å². The molecule has 0 saturated heterocycles. The van der Waals surface area contributed by atoms with Crippen molar-refractivity contribution in [3.8, 4) is 0 Å². The summed E-state index contributed by atoms with van der Waals surface area (Å²) in [5.41, 5.74) is 2.58. The summed E-state index contributed by atoms with van der Waals surface area (Å²) in [5, 5.41) is 0.874. The number of allylic oxidation sites excluding steroid dienone is 1. The Hall–Kier alpha value is -0.750. The molecule has 0 amide bonds. The number of aryl methyl sites for hydroxylation is 1. The van der Waals surface area contributed by atoms with Gasteiger partial charge in [-0.15, -0.1) is 0 Å². The quantitative estimate of drug-likeness (QED) is 0.552. The minimum absolute atomic E-state index is 0.874. The predicted molar refractivity (Wildman–Crippen MR) is 48.8 cm³/mol. The van der Waals surface area contributed by atoms with Crippen LogP contribution in [0.3, 0.4) is 0 Å². The fraction of sp³-hybridized carbons (Fsp3) is 0.200. The normalized spacial score (nSPS) is 14.6. The SMILES string of the molecule is Clc1cccc2c1C=CCC2. The van der Waals surface area contributed by atoms with Crippen LogP contribution in [0.5, 0.6) is 0 Å². The van der Waals surface area contributed by atoms with Crippen LogP contribution < -0.4 is 0 Å². The standard InChI is InChI=1S/C10H9Cl/c11-10-7-3-5-8-4-1-2-6-9(8)10/h2-3,5-7H,1,4H2. The lowest BCUT2D eigenvalue weighted by Crippen LogP contribution is -1.93. The van der Waals surface area contributed by atoms with E-state index in [0.29, 0.717) is 0 Å². The van der Waals surface area contributed by atoms with Gasteiger partial charge in [-0.05, 0) is 30.0 Å². The molecule has 1 aromatic carbocycles. The monoisotopic (exact) mass is 164 g/mol. The zero-order valence-electron chi connectivity index (χ0n) is 6.18. The summed E-state index contributed by atoms with van der Waals surface area (Å²) < 4.78 is 0. The molecule has 1 heteroatoms. The fourth-order valence-electron chi connectivity index (χ4n) is 1.43. The number of fused-ring (bicyclic) bond motifs is 1. The Balaban J connectivity index is 2.60. The minimum atomic E-state index is 0.874. The molecular formula is C10H9Cl. The molecule has 0 nitrogen and oxygen atoms in total. The van der Waals surface area contributed by atoms with Gasteiger partial charge in [0, 0.05) is 5.02 Å². The molecule has 0 fully saturated rings. The van der Waals surface area contributed by atoms with Gasteiger partial charge < -0.3 is 0 Å². The van der Waals surface area contributed by atoms with E-state index < -0.39 is 0 Å². The second kappa shape index (κ2) is 2.71. The minimum Gasteiger partial charge on any atom is -0.0837 e. The summed E-state index contributed by atoms with van der Waals surface area (Å²) in [5.74, 6) is 0. The second-order valence-electron chi connectivity index (χ2n) is 2.75. The van der Waals surface area contributed by atoms with E-state index in [2.05, 4.69) is 18.2 Å². The van der Waals surface area contributed by atoms with Gasteiger partial charge in [0.15, 0.2) is 0 Å². The molecule has 0 aromatic heterocycles. The zero-order valence-corrected chi connectivity index (χ0v) is 6.93. The Kier molecular flexibility index (Phi) is 1.71. The van der Waals surface area contributed by atoms with E-state index in [-0.39, 0.29) is 0 Å². The molecule has 0 heterocycles. The zero-order chi connectivity index (χ0) is 7.68. The third-order valence-electron chi connectivity index (χ3n) is 2.01. The molecule has 1 aromatic rings. The second-order valence-corrected chi connectivity index (χ2v) is 3.16. The molecule has 1 aliphatic carbocycles. The topological polar surface area (TPSA) is 0 Å². The maximum atomic E-state index is 5.99. The maximum Gasteiger partial charge on any atom is 0.0481 e. The van der Waals surface area contributed by atoms with Gasteiger partial charge >= 0.3 is 0 Å².